The van der Waals surface area contributed by atoms with E-state index in [0.717, 1.165) is 13.0 Å². The van der Waals surface area contributed by atoms with Gasteiger partial charge in [0.05, 0.1) is 6.04 Å². The molecule has 1 aliphatic rings. The van der Waals surface area contributed by atoms with Gasteiger partial charge in [-0.25, -0.2) is 4.79 Å². The molecule has 0 radical (unpaired) electrons. The first-order valence-corrected chi connectivity index (χ1v) is 2.77. The van der Waals surface area contributed by atoms with E-state index in [4.69, 9.17) is 5.11 Å². The Bertz CT molecular complexity index is 173. The van der Waals surface area contributed by atoms with Crippen molar-refractivity contribution >= 4 is 5.97 Å². The number of nitrogens with one attached hydrogen (secondary N) is 1. The van der Waals surface area contributed by atoms with Crippen LogP contribution in [0.1, 0.15) is 6.42 Å². The van der Waals surface area contributed by atoms with Gasteiger partial charge in [-0.3, -0.25) is 0 Å². The van der Waals surface area contributed by atoms with E-state index in [1.165, 1.54) is 0 Å². The quantitative estimate of drug-likeness (QED) is 0.426. The lowest BCUT2D eigenvalue weighted by Gasteiger charge is -2.21. The molecule has 1 aliphatic heterocycles. The smallest absolute Gasteiger partial charge is 0.381 e. The SMILES string of the molecule is O=C(O)C#CC1CCN1. The van der Waals surface area contributed by atoms with Gasteiger partial charge in [0.25, 0.3) is 0 Å². The van der Waals surface area contributed by atoms with Crippen molar-refractivity contribution in [1.82, 2.24) is 5.32 Å². The summed E-state index contributed by atoms with van der Waals surface area (Å²) in [6.07, 6.45) is 0.972. The highest BCUT2D eigenvalue weighted by Gasteiger charge is 2.12. The third-order valence-corrected chi connectivity index (χ3v) is 1.18. The highest BCUT2D eigenvalue weighted by Crippen LogP contribution is 1.97. The molecular formula is C6H7NO2. The van der Waals surface area contributed by atoms with E-state index in [0.29, 0.717) is 0 Å². The summed E-state index contributed by atoms with van der Waals surface area (Å²) in [5, 5.41) is 11.0. The second-order valence-corrected chi connectivity index (χ2v) is 1.87. The second-order valence-electron chi connectivity index (χ2n) is 1.87. The summed E-state index contributed by atoms with van der Waals surface area (Å²) in [4.78, 5) is 9.84. The predicted octanol–water partition coefficient (Wildman–Crippen LogP) is -0.564. The van der Waals surface area contributed by atoms with Crippen LogP contribution < -0.4 is 5.32 Å². The van der Waals surface area contributed by atoms with Crippen LogP contribution >= 0.6 is 0 Å². The fourth-order valence-corrected chi connectivity index (χ4v) is 0.561. The Kier molecular flexibility index (Phi) is 1.71. The van der Waals surface area contributed by atoms with E-state index < -0.39 is 5.97 Å². The number of hydrogen-bond acceptors (Lipinski definition) is 2. The molecule has 1 saturated heterocycles. The van der Waals surface area contributed by atoms with Crippen molar-refractivity contribution < 1.29 is 9.90 Å². The van der Waals surface area contributed by atoms with E-state index in [1.807, 2.05) is 0 Å². The fraction of sp³-hybridized carbons (Fsp3) is 0.500. The molecule has 1 heterocycles. The molecule has 1 unspecified atom stereocenters. The Morgan fingerprint density at radius 1 is 1.78 bits per heavy atom. The summed E-state index contributed by atoms with van der Waals surface area (Å²) in [5.74, 6) is 3.56. The van der Waals surface area contributed by atoms with Gasteiger partial charge in [-0.15, -0.1) is 0 Å². The lowest BCUT2D eigenvalue weighted by atomic mass is 10.1. The number of rotatable bonds is 0. The zero-order chi connectivity index (χ0) is 6.69. The molecule has 0 aromatic heterocycles. The first-order chi connectivity index (χ1) is 4.29. The zero-order valence-electron chi connectivity index (χ0n) is 4.85. The minimum absolute atomic E-state index is 0.126. The molecule has 0 saturated carbocycles. The van der Waals surface area contributed by atoms with E-state index in [2.05, 4.69) is 17.2 Å². The maximum Gasteiger partial charge on any atom is 0.381 e. The van der Waals surface area contributed by atoms with Crippen LogP contribution in [0.2, 0.25) is 0 Å². The minimum Gasteiger partial charge on any atom is -0.472 e. The van der Waals surface area contributed by atoms with E-state index in [1.54, 1.807) is 0 Å². The number of carbonyl (C=O) groups is 1. The standard InChI is InChI=1S/C6H7NO2/c8-6(9)2-1-5-3-4-7-5/h5,7H,3-4H2,(H,8,9). The molecule has 0 aromatic rings. The average molecular weight is 125 g/mol. The summed E-state index contributed by atoms with van der Waals surface area (Å²) in [6.45, 7) is 0.957. The van der Waals surface area contributed by atoms with Gasteiger partial charge in [0.15, 0.2) is 0 Å². The Morgan fingerprint density at radius 3 is 2.78 bits per heavy atom. The molecule has 1 rings (SSSR count). The third kappa shape index (κ3) is 1.74. The Hall–Kier alpha value is -1.01. The van der Waals surface area contributed by atoms with Gasteiger partial charge in [0.1, 0.15) is 0 Å². The van der Waals surface area contributed by atoms with Gasteiger partial charge in [-0.05, 0) is 13.0 Å². The minimum atomic E-state index is -1.05. The van der Waals surface area contributed by atoms with Crippen molar-refractivity contribution in [2.24, 2.45) is 0 Å². The number of hydrogen-bond donors (Lipinski definition) is 2. The second kappa shape index (κ2) is 2.51. The average Bonchev–Trinajstić information content (AvgIpc) is 1.60. The van der Waals surface area contributed by atoms with Crippen LogP contribution in [0.4, 0.5) is 0 Å². The molecule has 0 aromatic carbocycles. The summed E-state index contributed by atoms with van der Waals surface area (Å²) in [6, 6.07) is 0.126. The van der Waals surface area contributed by atoms with Gasteiger partial charge in [-0.1, -0.05) is 5.92 Å². The van der Waals surface area contributed by atoms with Crippen molar-refractivity contribution in [3.05, 3.63) is 0 Å². The van der Waals surface area contributed by atoms with Crippen LogP contribution in [0, 0.1) is 11.8 Å². The highest BCUT2D eigenvalue weighted by molar-refractivity contribution is 5.86. The van der Waals surface area contributed by atoms with Gasteiger partial charge < -0.3 is 10.4 Å². The number of carboxylic acid groups (broad SMARTS) is 1. The van der Waals surface area contributed by atoms with Crippen LogP contribution in [-0.2, 0) is 4.79 Å². The molecule has 0 aliphatic carbocycles. The van der Waals surface area contributed by atoms with Crippen molar-refractivity contribution in [3.63, 3.8) is 0 Å². The van der Waals surface area contributed by atoms with Gasteiger partial charge in [0, 0.05) is 5.92 Å². The molecule has 9 heavy (non-hydrogen) atoms. The fourth-order valence-electron chi connectivity index (χ4n) is 0.561. The molecule has 0 bridgehead atoms. The number of carboxylic acids is 1. The monoisotopic (exact) mass is 125 g/mol. The summed E-state index contributed by atoms with van der Waals surface area (Å²) in [5.41, 5.74) is 0. The normalized spacial score (nSPS) is 23.3. The summed E-state index contributed by atoms with van der Waals surface area (Å²) < 4.78 is 0. The maximum absolute atomic E-state index is 9.84. The van der Waals surface area contributed by atoms with E-state index in [9.17, 15) is 4.79 Å². The third-order valence-electron chi connectivity index (χ3n) is 1.18. The first kappa shape index (κ1) is 6.12. The molecule has 3 nitrogen and oxygen atoms in total. The summed E-state index contributed by atoms with van der Waals surface area (Å²) >= 11 is 0. The van der Waals surface area contributed by atoms with Crippen molar-refractivity contribution in [1.29, 1.82) is 0 Å². The lowest BCUT2D eigenvalue weighted by molar-refractivity contribution is -0.130. The van der Waals surface area contributed by atoms with E-state index in [-0.39, 0.29) is 6.04 Å². The molecule has 1 atom stereocenters. The van der Waals surface area contributed by atoms with Gasteiger partial charge in [-0.2, -0.15) is 0 Å². The van der Waals surface area contributed by atoms with Crippen LogP contribution in [0.25, 0.3) is 0 Å². The van der Waals surface area contributed by atoms with Crippen molar-refractivity contribution in [2.75, 3.05) is 6.54 Å². The molecule has 1 fully saturated rings. The highest BCUT2D eigenvalue weighted by atomic mass is 16.4. The van der Waals surface area contributed by atoms with Crippen LogP contribution in [0.5, 0.6) is 0 Å². The van der Waals surface area contributed by atoms with Crippen molar-refractivity contribution in [3.8, 4) is 11.8 Å². The lowest BCUT2D eigenvalue weighted by Crippen LogP contribution is -2.41. The Morgan fingerprint density at radius 2 is 2.44 bits per heavy atom. The molecule has 3 heteroatoms. The Balaban J connectivity index is 2.31. The van der Waals surface area contributed by atoms with E-state index >= 15 is 0 Å². The summed E-state index contributed by atoms with van der Waals surface area (Å²) in [7, 11) is 0. The Labute approximate surface area is 53.1 Å². The first-order valence-electron chi connectivity index (χ1n) is 2.77. The molecule has 2 N–H and O–H groups in total. The van der Waals surface area contributed by atoms with Crippen LogP contribution in [0.3, 0.4) is 0 Å². The molecule has 48 valence electrons. The van der Waals surface area contributed by atoms with Crippen LogP contribution in [0.15, 0.2) is 0 Å². The topological polar surface area (TPSA) is 49.3 Å². The zero-order valence-corrected chi connectivity index (χ0v) is 4.85. The number of aliphatic carboxylic acids is 1. The van der Waals surface area contributed by atoms with Crippen molar-refractivity contribution in [2.45, 2.75) is 12.5 Å². The van der Waals surface area contributed by atoms with Gasteiger partial charge in [0.2, 0.25) is 0 Å². The molecule has 0 amide bonds. The largest absolute Gasteiger partial charge is 0.472 e. The molecule has 0 spiro atoms. The molecular weight excluding hydrogens is 118 g/mol. The van der Waals surface area contributed by atoms with Crippen LogP contribution in [-0.4, -0.2) is 23.7 Å². The predicted molar refractivity (Wildman–Crippen MR) is 31.8 cm³/mol. The maximum atomic E-state index is 9.84. The van der Waals surface area contributed by atoms with Gasteiger partial charge >= 0.3 is 5.97 Å².